The highest BCUT2D eigenvalue weighted by Gasteiger charge is 2.11. The molecule has 0 spiro atoms. The fraction of sp³-hybridized carbons (Fsp3) is 0.333. The van der Waals surface area contributed by atoms with Crippen molar-refractivity contribution >= 4 is 0 Å². The zero-order valence-electron chi connectivity index (χ0n) is 9.73. The molecule has 0 saturated heterocycles. The van der Waals surface area contributed by atoms with Crippen LogP contribution >= 0.6 is 0 Å². The second-order valence-electron chi connectivity index (χ2n) is 4.03. The molecule has 1 unspecified atom stereocenters. The van der Waals surface area contributed by atoms with Gasteiger partial charge in [-0.1, -0.05) is 5.16 Å². The Hall–Kier alpha value is -1.82. The van der Waals surface area contributed by atoms with Gasteiger partial charge in [-0.2, -0.15) is 4.98 Å². The fourth-order valence-corrected chi connectivity index (χ4v) is 1.44. The van der Waals surface area contributed by atoms with Crippen molar-refractivity contribution in [3.05, 3.63) is 35.7 Å². The summed E-state index contributed by atoms with van der Waals surface area (Å²) < 4.78 is 30.7. The van der Waals surface area contributed by atoms with Crippen molar-refractivity contribution in [1.82, 2.24) is 10.1 Å². The van der Waals surface area contributed by atoms with E-state index in [2.05, 4.69) is 10.1 Å². The van der Waals surface area contributed by atoms with Crippen molar-refractivity contribution in [2.45, 2.75) is 25.9 Å². The van der Waals surface area contributed by atoms with Crippen molar-refractivity contribution in [2.24, 2.45) is 0 Å². The first-order valence-electron chi connectivity index (χ1n) is 5.52. The van der Waals surface area contributed by atoms with Crippen LogP contribution in [-0.4, -0.2) is 21.4 Å². The molecule has 2 rings (SSSR count). The Morgan fingerprint density at radius 3 is 2.78 bits per heavy atom. The van der Waals surface area contributed by atoms with Crippen LogP contribution in [0.1, 0.15) is 19.2 Å². The van der Waals surface area contributed by atoms with E-state index in [0.717, 1.165) is 12.1 Å². The van der Waals surface area contributed by atoms with Gasteiger partial charge in [0.15, 0.2) is 11.6 Å². The van der Waals surface area contributed by atoms with Gasteiger partial charge in [-0.3, -0.25) is 0 Å². The molecule has 0 amide bonds. The van der Waals surface area contributed by atoms with Crippen LogP contribution in [0.4, 0.5) is 8.78 Å². The lowest BCUT2D eigenvalue weighted by Gasteiger charge is -1.98. The summed E-state index contributed by atoms with van der Waals surface area (Å²) in [6.07, 6.45) is 0.483. The molecule has 0 saturated carbocycles. The van der Waals surface area contributed by atoms with E-state index in [1.165, 1.54) is 6.07 Å². The SMILES string of the molecule is CC(O)CCc1nc(-c2ccc(F)c(F)c2)no1. The Morgan fingerprint density at radius 2 is 2.11 bits per heavy atom. The molecule has 0 radical (unpaired) electrons. The molecule has 6 heteroatoms. The number of aliphatic hydroxyl groups excluding tert-OH is 1. The molecule has 96 valence electrons. The molecule has 0 aliphatic heterocycles. The molecule has 1 N–H and O–H groups in total. The Kier molecular flexibility index (Phi) is 3.66. The Morgan fingerprint density at radius 1 is 1.33 bits per heavy atom. The van der Waals surface area contributed by atoms with Crippen LogP contribution in [0.5, 0.6) is 0 Å². The summed E-state index contributed by atoms with van der Waals surface area (Å²) in [5.74, 6) is -1.32. The van der Waals surface area contributed by atoms with Gasteiger partial charge >= 0.3 is 0 Å². The number of nitrogens with zero attached hydrogens (tertiary/aromatic N) is 2. The Bertz CT molecular complexity index is 541. The van der Waals surface area contributed by atoms with E-state index in [9.17, 15) is 8.78 Å². The number of hydrogen-bond donors (Lipinski definition) is 1. The van der Waals surface area contributed by atoms with Crippen molar-refractivity contribution in [3.63, 3.8) is 0 Å². The minimum Gasteiger partial charge on any atom is -0.393 e. The molecule has 0 fully saturated rings. The Balaban J connectivity index is 2.16. The van der Waals surface area contributed by atoms with Crippen LogP contribution in [-0.2, 0) is 6.42 Å². The number of aliphatic hydroxyl groups is 1. The normalized spacial score (nSPS) is 12.7. The second kappa shape index (κ2) is 5.22. The van der Waals surface area contributed by atoms with Crippen molar-refractivity contribution < 1.29 is 18.4 Å². The molecular weight excluding hydrogens is 242 g/mol. The molecule has 0 bridgehead atoms. The predicted molar refractivity (Wildman–Crippen MR) is 59.7 cm³/mol. The highest BCUT2D eigenvalue weighted by Crippen LogP contribution is 2.19. The largest absolute Gasteiger partial charge is 0.393 e. The van der Waals surface area contributed by atoms with Crippen LogP contribution in [0.15, 0.2) is 22.7 Å². The van der Waals surface area contributed by atoms with Gasteiger partial charge in [-0.15, -0.1) is 0 Å². The van der Waals surface area contributed by atoms with Gasteiger partial charge in [0.2, 0.25) is 11.7 Å². The summed E-state index contributed by atoms with van der Waals surface area (Å²) in [7, 11) is 0. The quantitative estimate of drug-likeness (QED) is 0.909. The molecule has 1 aromatic heterocycles. The minimum absolute atomic E-state index is 0.203. The van der Waals surface area contributed by atoms with Crippen molar-refractivity contribution in [1.29, 1.82) is 0 Å². The fourth-order valence-electron chi connectivity index (χ4n) is 1.44. The van der Waals surface area contributed by atoms with E-state index in [-0.39, 0.29) is 5.82 Å². The van der Waals surface area contributed by atoms with E-state index in [0.29, 0.717) is 24.3 Å². The van der Waals surface area contributed by atoms with Crippen LogP contribution < -0.4 is 0 Å². The number of rotatable bonds is 4. The zero-order chi connectivity index (χ0) is 13.1. The maximum Gasteiger partial charge on any atom is 0.227 e. The first-order chi connectivity index (χ1) is 8.56. The molecule has 2 aromatic rings. The van der Waals surface area contributed by atoms with E-state index in [1.807, 2.05) is 0 Å². The maximum absolute atomic E-state index is 13.0. The third kappa shape index (κ3) is 2.89. The third-order valence-electron chi connectivity index (χ3n) is 2.42. The monoisotopic (exact) mass is 254 g/mol. The average Bonchev–Trinajstić information content (AvgIpc) is 2.79. The average molecular weight is 254 g/mol. The van der Waals surface area contributed by atoms with Crippen LogP contribution in [0.3, 0.4) is 0 Å². The highest BCUT2D eigenvalue weighted by atomic mass is 19.2. The second-order valence-corrected chi connectivity index (χ2v) is 4.03. The summed E-state index contributed by atoms with van der Waals surface area (Å²) >= 11 is 0. The maximum atomic E-state index is 13.0. The number of aromatic nitrogens is 2. The number of aryl methyl sites for hydroxylation is 1. The van der Waals surface area contributed by atoms with Gasteiger partial charge < -0.3 is 9.63 Å². The number of hydrogen-bond acceptors (Lipinski definition) is 4. The predicted octanol–water partition coefficient (Wildman–Crippen LogP) is 2.33. The van der Waals surface area contributed by atoms with Crippen LogP contribution in [0.2, 0.25) is 0 Å². The van der Waals surface area contributed by atoms with Gasteiger partial charge in [0.05, 0.1) is 6.10 Å². The van der Waals surface area contributed by atoms with Crippen LogP contribution in [0.25, 0.3) is 11.4 Å². The summed E-state index contributed by atoms with van der Waals surface area (Å²) in [5, 5.41) is 12.8. The summed E-state index contributed by atoms with van der Waals surface area (Å²) in [5.41, 5.74) is 0.348. The highest BCUT2D eigenvalue weighted by molar-refractivity contribution is 5.54. The van der Waals surface area contributed by atoms with Crippen molar-refractivity contribution in [3.8, 4) is 11.4 Å². The zero-order valence-corrected chi connectivity index (χ0v) is 9.73. The standard InChI is InChI=1S/C12H12F2N2O2/c1-7(17)2-5-11-15-12(16-18-11)8-3-4-9(13)10(14)6-8/h3-4,6-7,17H,2,5H2,1H3. The number of halogens is 2. The lowest BCUT2D eigenvalue weighted by Crippen LogP contribution is -2.01. The van der Waals surface area contributed by atoms with Gasteiger partial charge in [0.25, 0.3) is 0 Å². The molecule has 18 heavy (non-hydrogen) atoms. The third-order valence-corrected chi connectivity index (χ3v) is 2.42. The Labute approximate surface area is 102 Å². The lowest BCUT2D eigenvalue weighted by atomic mass is 10.2. The molecule has 0 aliphatic carbocycles. The lowest BCUT2D eigenvalue weighted by molar-refractivity contribution is 0.180. The van der Waals surface area contributed by atoms with E-state index in [1.54, 1.807) is 6.92 Å². The molecular formula is C12H12F2N2O2. The van der Waals surface area contributed by atoms with E-state index >= 15 is 0 Å². The van der Waals surface area contributed by atoms with Crippen LogP contribution in [0, 0.1) is 11.6 Å². The molecule has 1 atom stereocenters. The summed E-state index contributed by atoms with van der Waals surface area (Å²) in [4.78, 5) is 4.05. The first kappa shape index (κ1) is 12.6. The van der Waals surface area contributed by atoms with Crippen molar-refractivity contribution in [2.75, 3.05) is 0 Å². The molecule has 1 heterocycles. The van der Waals surface area contributed by atoms with E-state index in [4.69, 9.17) is 9.63 Å². The van der Waals surface area contributed by atoms with Gasteiger partial charge in [0.1, 0.15) is 0 Å². The summed E-state index contributed by atoms with van der Waals surface area (Å²) in [6.45, 7) is 1.66. The number of benzene rings is 1. The first-order valence-corrected chi connectivity index (χ1v) is 5.52. The van der Waals surface area contributed by atoms with Gasteiger partial charge in [-0.05, 0) is 31.5 Å². The molecule has 4 nitrogen and oxygen atoms in total. The molecule has 0 aliphatic rings. The molecule has 1 aromatic carbocycles. The topological polar surface area (TPSA) is 59.2 Å². The summed E-state index contributed by atoms with van der Waals surface area (Å²) in [6, 6.07) is 3.40. The minimum atomic E-state index is -0.956. The van der Waals surface area contributed by atoms with Gasteiger partial charge in [-0.25, -0.2) is 8.78 Å². The van der Waals surface area contributed by atoms with E-state index < -0.39 is 17.7 Å². The van der Waals surface area contributed by atoms with Gasteiger partial charge in [0, 0.05) is 12.0 Å². The smallest absolute Gasteiger partial charge is 0.227 e.